The zero-order chi connectivity index (χ0) is 14.8. The van der Waals surface area contributed by atoms with Gasteiger partial charge in [0.15, 0.2) is 0 Å². The highest BCUT2D eigenvalue weighted by atomic mass is 16.5. The van der Waals surface area contributed by atoms with Crippen LogP contribution in [0.2, 0.25) is 0 Å². The fourth-order valence-electron chi connectivity index (χ4n) is 3.09. The molecule has 3 rings (SSSR count). The van der Waals surface area contributed by atoms with E-state index in [9.17, 15) is 0 Å². The number of hydrogen-bond donors (Lipinski definition) is 2. The van der Waals surface area contributed by atoms with Crippen molar-refractivity contribution in [3.8, 4) is 11.5 Å². The highest BCUT2D eigenvalue weighted by Gasteiger charge is 2.25. The SMILES string of the molecule is COc1cc2c(cc1C(CN)NCCC1CC1)OC(C)C2. The van der Waals surface area contributed by atoms with Crippen molar-refractivity contribution in [3.63, 3.8) is 0 Å². The third kappa shape index (κ3) is 3.33. The first-order chi connectivity index (χ1) is 10.2. The summed E-state index contributed by atoms with van der Waals surface area (Å²) in [5.41, 5.74) is 8.32. The van der Waals surface area contributed by atoms with Gasteiger partial charge >= 0.3 is 0 Å². The fraction of sp³-hybridized carbons (Fsp3) is 0.647. The molecule has 1 saturated carbocycles. The number of nitrogens with one attached hydrogen (secondary N) is 1. The van der Waals surface area contributed by atoms with Crippen molar-refractivity contribution in [1.29, 1.82) is 0 Å². The lowest BCUT2D eigenvalue weighted by atomic mass is 10.0. The van der Waals surface area contributed by atoms with E-state index in [0.29, 0.717) is 6.54 Å². The summed E-state index contributed by atoms with van der Waals surface area (Å²) in [5.74, 6) is 2.84. The smallest absolute Gasteiger partial charge is 0.124 e. The lowest BCUT2D eigenvalue weighted by Crippen LogP contribution is -2.29. The first-order valence-electron chi connectivity index (χ1n) is 8.02. The Labute approximate surface area is 127 Å². The van der Waals surface area contributed by atoms with Gasteiger partial charge in [0.1, 0.15) is 17.6 Å². The van der Waals surface area contributed by atoms with Crippen LogP contribution in [0.3, 0.4) is 0 Å². The number of fused-ring (bicyclic) bond motifs is 1. The molecule has 1 aromatic carbocycles. The Hall–Kier alpha value is -1.26. The van der Waals surface area contributed by atoms with E-state index in [1.807, 2.05) is 0 Å². The summed E-state index contributed by atoms with van der Waals surface area (Å²) in [7, 11) is 1.72. The molecule has 1 aromatic rings. The van der Waals surface area contributed by atoms with Crippen LogP contribution in [-0.2, 0) is 6.42 Å². The van der Waals surface area contributed by atoms with Crippen LogP contribution < -0.4 is 20.5 Å². The molecule has 0 saturated heterocycles. The normalized spacial score (nSPS) is 21.8. The predicted octanol–water partition coefficient (Wildman–Crippen LogP) is 2.41. The van der Waals surface area contributed by atoms with E-state index in [4.69, 9.17) is 15.2 Å². The first-order valence-corrected chi connectivity index (χ1v) is 8.02. The van der Waals surface area contributed by atoms with Crippen LogP contribution in [0.15, 0.2) is 12.1 Å². The molecule has 0 bridgehead atoms. The Bertz CT molecular complexity index is 500. The quantitative estimate of drug-likeness (QED) is 0.809. The first kappa shape index (κ1) is 14.7. The van der Waals surface area contributed by atoms with E-state index in [-0.39, 0.29) is 12.1 Å². The topological polar surface area (TPSA) is 56.5 Å². The molecule has 0 amide bonds. The van der Waals surface area contributed by atoms with E-state index < -0.39 is 0 Å². The summed E-state index contributed by atoms with van der Waals surface area (Å²) in [5, 5.41) is 3.57. The average molecular weight is 290 g/mol. The number of methoxy groups -OCH3 is 1. The van der Waals surface area contributed by atoms with Crippen molar-refractivity contribution in [3.05, 3.63) is 23.3 Å². The standard InChI is InChI=1S/C17H26N2O2/c1-11-7-13-8-17(20-2)14(9-16(13)21-11)15(10-18)19-6-5-12-3-4-12/h8-9,11-12,15,19H,3-7,10,18H2,1-2H3. The lowest BCUT2D eigenvalue weighted by molar-refractivity contribution is 0.254. The van der Waals surface area contributed by atoms with Gasteiger partial charge in [0.2, 0.25) is 0 Å². The number of rotatable bonds is 7. The molecular formula is C17H26N2O2. The Kier molecular flexibility index (Phi) is 4.36. The van der Waals surface area contributed by atoms with Gasteiger partial charge in [0.25, 0.3) is 0 Å². The van der Waals surface area contributed by atoms with Gasteiger partial charge in [-0.25, -0.2) is 0 Å². The minimum absolute atomic E-state index is 0.128. The van der Waals surface area contributed by atoms with Crippen molar-refractivity contribution in [2.45, 2.75) is 44.8 Å². The number of benzene rings is 1. The molecule has 2 aliphatic rings. The van der Waals surface area contributed by atoms with Gasteiger partial charge in [-0.3, -0.25) is 0 Å². The molecule has 3 N–H and O–H groups in total. The molecule has 2 unspecified atom stereocenters. The van der Waals surface area contributed by atoms with Crippen LogP contribution in [-0.4, -0.2) is 26.3 Å². The summed E-state index contributed by atoms with van der Waals surface area (Å²) in [4.78, 5) is 0. The maximum absolute atomic E-state index is 5.97. The minimum Gasteiger partial charge on any atom is -0.496 e. The van der Waals surface area contributed by atoms with E-state index in [0.717, 1.165) is 35.9 Å². The van der Waals surface area contributed by atoms with Gasteiger partial charge in [0.05, 0.1) is 7.11 Å². The van der Waals surface area contributed by atoms with E-state index in [2.05, 4.69) is 24.4 Å². The predicted molar refractivity (Wildman–Crippen MR) is 83.9 cm³/mol. The van der Waals surface area contributed by atoms with E-state index in [1.54, 1.807) is 7.11 Å². The lowest BCUT2D eigenvalue weighted by Gasteiger charge is -2.21. The molecule has 4 heteroatoms. The summed E-state index contributed by atoms with van der Waals surface area (Å²) >= 11 is 0. The molecule has 1 fully saturated rings. The van der Waals surface area contributed by atoms with Crippen molar-refractivity contribution in [2.75, 3.05) is 20.2 Å². The second-order valence-corrected chi connectivity index (χ2v) is 6.31. The average Bonchev–Trinajstić information content (AvgIpc) is 3.22. The fourth-order valence-corrected chi connectivity index (χ4v) is 3.09. The maximum atomic E-state index is 5.97. The molecule has 1 aliphatic carbocycles. The molecule has 0 radical (unpaired) electrons. The molecule has 1 heterocycles. The van der Waals surface area contributed by atoms with Gasteiger partial charge in [-0.15, -0.1) is 0 Å². The zero-order valence-electron chi connectivity index (χ0n) is 13.0. The molecule has 2 atom stereocenters. The van der Waals surface area contributed by atoms with Gasteiger partial charge < -0.3 is 20.5 Å². The Balaban J connectivity index is 1.75. The van der Waals surface area contributed by atoms with Crippen LogP contribution in [0.25, 0.3) is 0 Å². The van der Waals surface area contributed by atoms with Gasteiger partial charge in [0, 0.05) is 30.1 Å². The molecule has 0 spiro atoms. The van der Waals surface area contributed by atoms with Crippen LogP contribution in [0.4, 0.5) is 0 Å². The van der Waals surface area contributed by atoms with Crippen molar-refractivity contribution >= 4 is 0 Å². The third-order valence-electron chi connectivity index (χ3n) is 4.50. The number of hydrogen-bond acceptors (Lipinski definition) is 4. The van der Waals surface area contributed by atoms with E-state index >= 15 is 0 Å². The van der Waals surface area contributed by atoms with Crippen LogP contribution in [0.1, 0.15) is 43.4 Å². The van der Waals surface area contributed by atoms with Gasteiger partial charge in [-0.2, -0.15) is 0 Å². The Morgan fingerprint density at radius 3 is 2.90 bits per heavy atom. The number of nitrogens with two attached hydrogens (primary N) is 1. The number of ether oxygens (including phenoxy) is 2. The molecule has 0 aromatic heterocycles. The van der Waals surface area contributed by atoms with Crippen molar-refractivity contribution in [2.24, 2.45) is 11.7 Å². The summed E-state index contributed by atoms with van der Waals surface area (Å²) < 4.78 is 11.4. The van der Waals surface area contributed by atoms with Crippen molar-refractivity contribution < 1.29 is 9.47 Å². The highest BCUT2D eigenvalue weighted by Crippen LogP contribution is 2.37. The summed E-state index contributed by atoms with van der Waals surface area (Å²) in [6, 6.07) is 4.35. The van der Waals surface area contributed by atoms with Crippen molar-refractivity contribution in [1.82, 2.24) is 5.32 Å². The largest absolute Gasteiger partial charge is 0.496 e. The van der Waals surface area contributed by atoms with Gasteiger partial charge in [-0.05, 0) is 37.9 Å². The summed E-state index contributed by atoms with van der Waals surface area (Å²) in [6.45, 7) is 3.68. The van der Waals surface area contributed by atoms with Gasteiger partial charge in [-0.1, -0.05) is 12.8 Å². The second kappa shape index (κ2) is 6.24. The van der Waals surface area contributed by atoms with Crippen LogP contribution >= 0.6 is 0 Å². The maximum Gasteiger partial charge on any atom is 0.124 e. The summed E-state index contributed by atoms with van der Waals surface area (Å²) in [6.07, 6.45) is 5.23. The van der Waals surface area contributed by atoms with Crippen LogP contribution in [0.5, 0.6) is 11.5 Å². The third-order valence-corrected chi connectivity index (χ3v) is 4.50. The minimum atomic E-state index is 0.128. The van der Waals surface area contributed by atoms with E-state index in [1.165, 1.54) is 24.8 Å². The molecule has 1 aliphatic heterocycles. The molecule has 116 valence electrons. The Morgan fingerprint density at radius 2 is 2.24 bits per heavy atom. The Morgan fingerprint density at radius 1 is 1.43 bits per heavy atom. The molecule has 21 heavy (non-hydrogen) atoms. The van der Waals surface area contributed by atoms with Crippen LogP contribution in [0, 0.1) is 5.92 Å². The molecule has 4 nitrogen and oxygen atoms in total. The zero-order valence-corrected chi connectivity index (χ0v) is 13.0. The highest BCUT2D eigenvalue weighted by molar-refractivity contribution is 5.50. The molecular weight excluding hydrogens is 264 g/mol. The monoisotopic (exact) mass is 290 g/mol. The second-order valence-electron chi connectivity index (χ2n) is 6.31.